The van der Waals surface area contributed by atoms with Crippen LogP contribution < -0.4 is 0 Å². The van der Waals surface area contributed by atoms with E-state index in [2.05, 4.69) is 102 Å². The first kappa shape index (κ1) is 68.2. The molecule has 3 fully saturated rings. The normalized spacial score (nSPS) is 17.0. The average Bonchev–Trinajstić information content (AvgIpc) is 1.53. The molecule has 0 aromatic heterocycles. The van der Waals surface area contributed by atoms with Crippen LogP contribution in [0.3, 0.4) is 0 Å². The van der Waals surface area contributed by atoms with Crippen LogP contribution in [0.2, 0.25) is 20.1 Å². The Morgan fingerprint density at radius 2 is 0.722 bits per heavy atom. The number of halogens is 8. The van der Waals surface area contributed by atoms with Crippen LogP contribution in [0, 0.1) is 23.7 Å². The fourth-order valence-corrected chi connectivity index (χ4v) is 16.4. The van der Waals surface area contributed by atoms with Crippen LogP contribution in [0.5, 0.6) is 57.5 Å². The van der Waals surface area contributed by atoms with Gasteiger partial charge in [-0.3, -0.25) is 0 Å². The number of phenols is 10. The van der Waals surface area contributed by atoms with Crippen LogP contribution >= 0.6 is 110 Å². The van der Waals surface area contributed by atoms with Gasteiger partial charge in [0.2, 0.25) is 0 Å². The first-order chi connectivity index (χ1) is 42.5. The maximum atomic E-state index is 9.85. The van der Waals surface area contributed by atoms with Crippen molar-refractivity contribution in [2.24, 2.45) is 23.7 Å². The van der Waals surface area contributed by atoms with Crippen LogP contribution in [0.25, 0.3) is 21.5 Å². The smallest absolute Gasteiger partial charge is 0.152 e. The SMILES string of the molecule is CC(C)(c1cc(Br)c(O)c(Br)c1)c1cc(Br)c(O)c(Br)c1.CC(C)(c1cc(Cl)c(O)c(Cl)c1)c1cc(Cl)c(O)c(Cl)c1.Oc1ccc(C2(c3ccc(O)cc3)CC3CC2C2CCCC32)cc1.Oc1ccc2cc(O)ccc2c1.Oc1cccc2c(O)cccc12. The van der Waals surface area contributed by atoms with Gasteiger partial charge in [0, 0.05) is 27.0 Å². The Morgan fingerprint density at radius 3 is 1.09 bits per heavy atom. The van der Waals surface area contributed by atoms with Crippen molar-refractivity contribution < 1.29 is 51.1 Å². The lowest BCUT2D eigenvalue weighted by Crippen LogP contribution is -2.40. The fraction of sp³-hybridized carbons (Fsp3) is 0.222. The van der Waals surface area contributed by atoms with E-state index in [4.69, 9.17) is 56.6 Å². The zero-order chi connectivity index (χ0) is 65.3. The summed E-state index contributed by atoms with van der Waals surface area (Å²) < 4.78 is 2.54. The van der Waals surface area contributed by atoms with Gasteiger partial charge in [-0.25, -0.2) is 0 Å². The second-order valence-electron chi connectivity index (χ2n) is 23.9. The Kier molecular flexibility index (Phi) is 21.2. The molecule has 0 radical (unpaired) electrons. The van der Waals surface area contributed by atoms with Crippen molar-refractivity contribution in [1.29, 1.82) is 0 Å². The molecule has 0 amide bonds. The largest absolute Gasteiger partial charge is 0.508 e. The van der Waals surface area contributed by atoms with Crippen molar-refractivity contribution in [3.05, 3.63) is 241 Å². The molecule has 3 aliphatic rings. The van der Waals surface area contributed by atoms with E-state index in [1.54, 1.807) is 97.1 Å². The Morgan fingerprint density at radius 1 is 0.389 bits per heavy atom. The van der Waals surface area contributed by atoms with E-state index < -0.39 is 5.41 Å². The van der Waals surface area contributed by atoms with Crippen LogP contribution in [-0.4, -0.2) is 51.1 Å². The molecule has 10 N–H and O–H groups in total. The van der Waals surface area contributed by atoms with E-state index >= 15 is 0 Å². The molecule has 3 aliphatic carbocycles. The highest BCUT2D eigenvalue weighted by Gasteiger charge is 2.61. The lowest BCUT2D eigenvalue weighted by Gasteiger charge is -2.44. The number of aromatic hydroxyl groups is 10. The third kappa shape index (κ3) is 14.4. The molecule has 0 aliphatic heterocycles. The number of rotatable bonds is 6. The molecular weight excluding hydrogens is 1490 g/mol. The van der Waals surface area contributed by atoms with E-state index in [0.29, 0.717) is 46.1 Å². The summed E-state index contributed by atoms with van der Waals surface area (Å²) in [6.45, 7) is 8.04. The maximum absolute atomic E-state index is 9.85. The number of benzene rings is 10. The summed E-state index contributed by atoms with van der Waals surface area (Å²) in [5.41, 5.74) is 5.53. The number of phenolic OH excluding ortho intramolecular Hbond substituents is 10. The minimum Gasteiger partial charge on any atom is -0.508 e. The summed E-state index contributed by atoms with van der Waals surface area (Å²) in [7, 11) is 0. The van der Waals surface area contributed by atoms with Gasteiger partial charge >= 0.3 is 0 Å². The summed E-state index contributed by atoms with van der Waals surface area (Å²) in [5.74, 6) is 4.94. The summed E-state index contributed by atoms with van der Waals surface area (Å²) in [6.07, 6.45) is 6.76. The van der Waals surface area contributed by atoms with E-state index in [1.807, 2.05) is 62.4 Å². The molecule has 10 aromatic carbocycles. The first-order valence-corrected chi connectivity index (χ1v) is 33.3. The molecule has 3 saturated carbocycles. The van der Waals surface area contributed by atoms with Gasteiger partial charge in [-0.05, 0) is 266 Å². The zero-order valence-corrected chi connectivity index (χ0v) is 58.4. The molecule has 10 aromatic rings. The highest BCUT2D eigenvalue weighted by atomic mass is 79.9. The van der Waals surface area contributed by atoms with E-state index in [9.17, 15) is 40.9 Å². The highest BCUT2D eigenvalue weighted by Crippen LogP contribution is 2.68. The van der Waals surface area contributed by atoms with Crippen molar-refractivity contribution in [3.8, 4) is 57.5 Å². The predicted octanol–water partition coefficient (Wildman–Crippen LogP) is 21.9. The summed E-state index contributed by atoms with van der Waals surface area (Å²) in [6, 6.07) is 50.1. The van der Waals surface area contributed by atoms with Crippen molar-refractivity contribution in [3.63, 3.8) is 0 Å². The van der Waals surface area contributed by atoms with Gasteiger partial charge in [-0.15, -0.1) is 0 Å². The van der Waals surface area contributed by atoms with Gasteiger partial charge in [0.1, 0.15) is 46.0 Å². The second kappa shape index (κ2) is 27.9. The highest BCUT2D eigenvalue weighted by molar-refractivity contribution is 9.11. The fourth-order valence-electron chi connectivity index (χ4n) is 13.0. The summed E-state index contributed by atoms with van der Waals surface area (Å²) >= 11 is 37.4. The molecule has 0 saturated heterocycles. The van der Waals surface area contributed by atoms with Crippen molar-refractivity contribution in [1.82, 2.24) is 0 Å². The molecule has 0 heterocycles. The molecule has 2 bridgehead atoms. The topological polar surface area (TPSA) is 202 Å². The zero-order valence-electron chi connectivity index (χ0n) is 49.0. The van der Waals surface area contributed by atoms with Gasteiger partial charge < -0.3 is 51.1 Å². The Balaban J connectivity index is 0.000000137. The van der Waals surface area contributed by atoms with Crippen LogP contribution in [0.4, 0.5) is 0 Å². The van der Waals surface area contributed by atoms with Crippen LogP contribution in [0.15, 0.2) is 188 Å². The van der Waals surface area contributed by atoms with Crippen molar-refractivity contribution >= 4 is 132 Å². The van der Waals surface area contributed by atoms with Gasteiger partial charge in [0.25, 0.3) is 0 Å². The Bertz CT molecular complexity index is 3820. The monoisotopic (exact) mass is 1540 g/mol. The minimum atomic E-state index is -0.526. The van der Waals surface area contributed by atoms with E-state index in [0.717, 1.165) is 50.8 Å². The molecule has 90 heavy (non-hydrogen) atoms. The van der Waals surface area contributed by atoms with Gasteiger partial charge in [-0.1, -0.05) is 141 Å². The summed E-state index contributed by atoms with van der Waals surface area (Å²) in [4.78, 5) is 0. The summed E-state index contributed by atoms with van der Waals surface area (Å²) in [5, 5.41) is 99.4. The van der Waals surface area contributed by atoms with Gasteiger partial charge in [0.15, 0.2) is 11.5 Å². The lowest BCUT2D eigenvalue weighted by molar-refractivity contribution is 0.181. The van der Waals surface area contributed by atoms with Crippen molar-refractivity contribution in [2.75, 3.05) is 0 Å². The molecule has 468 valence electrons. The van der Waals surface area contributed by atoms with Gasteiger partial charge in [0.05, 0.1) is 38.0 Å². The Hall–Kier alpha value is -6.20. The van der Waals surface area contributed by atoms with E-state index in [-0.39, 0.29) is 76.9 Å². The third-order valence-corrected chi connectivity index (χ3v) is 21.5. The standard InChI is InChI=1S/C22H24O2.C15H12Br4O2.C15H12Cl4O2.2C10H8O2/c23-17-8-4-15(5-9-17)22(16-6-10-18(24)11-7-16)13-14-12-21(22)20-3-1-2-19(14)20;2*1-15(2,7-3-9(16)13(20)10(17)4-7)8-5-11(18)14(21)12(19)6-8;11-9-3-1-7-5-10(12)4-2-8(7)6-9;11-9-5-1-3-7-8(9)4-2-6-10(7)12/h4-11,14,19-21,23-24H,1-3,12-13H2;2*3-6,20-21H,1-2H3;2*1-6,11-12H. The molecule has 4 atom stereocenters. The number of fused-ring (bicyclic) bond motifs is 7. The molecule has 13 rings (SSSR count). The van der Waals surface area contributed by atoms with E-state index in [1.165, 1.54) is 43.2 Å². The second-order valence-corrected chi connectivity index (χ2v) is 28.9. The average molecular weight is 1550 g/mol. The van der Waals surface area contributed by atoms with Crippen molar-refractivity contribution in [2.45, 2.75) is 76.0 Å². The van der Waals surface area contributed by atoms with Crippen LogP contribution in [-0.2, 0) is 16.2 Å². The predicted molar refractivity (Wildman–Crippen MR) is 376 cm³/mol. The quantitative estimate of drug-likeness (QED) is 0.0763. The molecule has 10 nitrogen and oxygen atoms in total. The molecule has 0 spiro atoms. The molecular formula is C72H64Br4Cl4O10. The minimum absolute atomic E-state index is 0.0531. The lowest BCUT2D eigenvalue weighted by atomic mass is 9.59. The molecule has 18 heteroatoms. The van der Waals surface area contributed by atoms with Gasteiger partial charge in [-0.2, -0.15) is 0 Å². The Labute approximate surface area is 576 Å². The number of hydrogen-bond donors (Lipinski definition) is 10. The third-order valence-electron chi connectivity index (χ3n) is 17.9. The number of hydrogen-bond acceptors (Lipinski definition) is 10. The maximum Gasteiger partial charge on any atom is 0.152 e. The van der Waals surface area contributed by atoms with Crippen LogP contribution in [0.1, 0.15) is 93.2 Å². The molecule has 4 unspecified atom stereocenters. The first-order valence-electron chi connectivity index (χ1n) is 28.7.